The second kappa shape index (κ2) is 8.27. The lowest BCUT2D eigenvalue weighted by atomic mass is 9.90. The van der Waals surface area contributed by atoms with Gasteiger partial charge in [-0.05, 0) is 53.4 Å². The molecule has 3 nitrogen and oxygen atoms in total. The van der Waals surface area contributed by atoms with Gasteiger partial charge in [-0.25, -0.2) is 0 Å². The summed E-state index contributed by atoms with van der Waals surface area (Å²) in [5.74, 6) is 0.148. The standard InChI is InChI=1S/C28H26N2O/c1-20-18-26(29-23-13-3-2-4-14-23)25-16-7-8-17-27(25)30(20)28(31)19-22-12-9-11-21-10-5-6-15-24(21)22/h2-17,20,26,29H,18-19H2,1H3/t20-,26+/m1/s1. The van der Waals surface area contributed by atoms with Crippen molar-refractivity contribution in [3.8, 4) is 0 Å². The molecule has 1 amide bonds. The Balaban J connectivity index is 1.45. The first kappa shape index (κ1) is 19.4. The molecule has 0 radical (unpaired) electrons. The van der Waals surface area contributed by atoms with E-state index in [1.54, 1.807) is 0 Å². The van der Waals surface area contributed by atoms with Crippen LogP contribution >= 0.6 is 0 Å². The van der Waals surface area contributed by atoms with Gasteiger partial charge in [0.2, 0.25) is 5.91 Å². The van der Waals surface area contributed by atoms with Gasteiger partial charge >= 0.3 is 0 Å². The number of para-hydroxylation sites is 2. The van der Waals surface area contributed by atoms with Gasteiger partial charge in [-0.15, -0.1) is 0 Å². The first-order valence-corrected chi connectivity index (χ1v) is 10.9. The Hall–Kier alpha value is -3.59. The zero-order valence-corrected chi connectivity index (χ0v) is 17.7. The first-order valence-electron chi connectivity index (χ1n) is 10.9. The van der Waals surface area contributed by atoms with E-state index in [2.05, 4.69) is 66.8 Å². The third-order valence-corrected chi connectivity index (χ3v) is 6.19. The summed E-state index contributed by atoms with van der Waals surface area (Å²) in [7, 11) is 0. The highest BCUT2D eigenvalue weighted by Gasteiger charge is 2.33. The van der Waals surface area contributed by atoms with Crippen molar-refractivity contribution in [2.24, 2.45) is 0 Å². The zero-order valence-electron chi connectivity index (χ0n) is 17.7. The zero-order chi connectivity index (χ0) is 21.2. The molecular weight excluding hydrogens is 380 g/mol. The molecule has 31 heavy (non-hydrogen) atoms. The van der Waals surface area contributed by atoms with Crippen LogP contribution < -0.4 is 10.2 Å². The number of rotatable bonds is 4. The molecule has 1 heterocycles. The molecule has 0 fully saturated rings. The van der Waals surface area contributed by atoms with Gasteiger partial charge < -0.3 is 10.2 Å². The van der Waals surface area contributed by atoms with E-state index in [9.17, 15) is 4.79 Å². The summed E-state index contributed by atoms with van der Waals surface area (Å²) in [5.41, 5.74) is 4.37. The van der Waals surface area contributed by atoms with Crippen molar-refractivity contribution < 1.29 is 4.79 Å². The van der Waals surface area contributed by atoms with Crippen LogP contribution in [-0.2, 0) is 11.2 Å². The Bertz CT molecular complexity index is 1210. The number of carbonyl (C=O) groups is 1. The minimum atomic E-state index is 0.110. The molecule has 2 atom stereocenters. The van der Waals surface area contributed by atoms with Crippen LogP contribution in [0.3, 0.4) is 0 Å². The maximum Gasteiger partial charge on any atom is 0.231 e. The lowest BCUT2D eigenvalue weighted by Crippen LogP contribution is -2.45. The predicted octanol–water partition coefficient (Wildman–Crippen LogP) is 6.36. The fraction of sp³-hybridized carbons (Fsp3) is 0.179. The number of carbonyl (C=O) groups excluding carboxylic acids is 1. The topological polar surface area (TPSA) is 32.3 Å². The van der Waals surface area contributed by atoms with Gasteiger partial charge in [0.05, 0.1) is 12.5 Å². The number of nitrogens with one attached hydrogen (secondary N) is 1. The monoisotopic (exact) mass is 406 g/mol. The highest BCUT2D eigenvalue weighted by Crippen LogP contribution is 2.39. The molecule has 4 aromatic carbocycles. The van der Waals surface area contributed by atoms with Crippen LogP contribution in [0, 0.1) is 0 Å². The third kappa shape index (κ3) is 3.79. The molecule has 0 spiro atoms. The van der Waals surface area contributed by atoms with Crippen LogP contribution in [0.1, 0.15) is 30.5 Å². The van der Waals surface area contributed by atoms with Gasteiger partial charge in [0.1, 0.15) is 0 Å². The second-order valence-electron chi connectivity index (χ2n) is 8.29. The van der Waals surface area contributed by atoms with Gasteiger partial charge in [-0.3, -0.25) is 4.79 Å². The number of fused-ring (bicyclic) bond motifs is 2. The summed E-state index contributed by atoms with van der Waals surface area (Å²) < 4.78 is 0. The minimum Gasteiger partial charge on any atom is -0.378 e. The van der Waals surface area contributed by atoms with Gasteiger partial charge in [-0.1, -0.05) is 78.9 Å². The quantitative estimate of drug-likeness (QED) is 0.428. The minimum absolute atomic E-state index is 0.110. The van der Waals surface area contributed by atoms with Crippen LogP contribution in [0.25, 0.3) is 10.8 Å². The van der Waals surface area contributed by atoms with Crippen molar-refractivity contribution in [2.45, 2.75) is 31.8 Å². The van der Waals surface area contributed by atoms with Crippen molar-refractivity contribution in [1.29, 1.82) is 0 Å². The summed E-state index contributed by atoms with van der Waals surface area (Å²) in [6.45, 7) is 2.15. The average Bonchev–Trinajstić information content (AvgIpc) is 2.80. The molecule has 0 saturated heterocycles. The van der Waals surface area contributed by atoms with Crippen molar-refractivity contribution in [1.82, 2.24) is 0 Å². The summed E-state index contributed by atoms with van der Waals surface area (Å²) in [6.07, 6.45) is 1.27. The summed E-state index contributed by atoms with van der Waals surface area (Å²) in [6, 6.07) is 33.4. The number of anilines is 2. The van der Waals surface area contributed by atoms with Crippen LogP contribution in [0.15, 0.2) is 97.1 Å². The molecule has 154 valence electrons. The SMILES string of the molecule is C[C@@H]1C[C@H](Nc2ccccc2)c2ccccc2N1C(=O)Cc1cccc2ccccc12. The van der Waals surface area contributed by atoms with E-state index in [0.717, 1.165) is 28.7 Å². The highest BCUT2D eigenvalue weighted by molar-refractivity contribution is 5.99. The molecule has 4 aromatic rings. The van der Waals surface area contributed by atoms with Gasteiger partial charge in [-0.2, -0.15) is 0 Å². The maximum atomic E-state index is 13.6. The fourth-order valence-electron chi connectivity index (χ4n) is 4.76. The lowest BCUT2D eigenvalue weighted by Gasteiger charge is -2.40. The molecule has 0 unspecified atom stereocenters. The molecule has 0 saturated carbocycles. The highest BCUT2D eigenvalue weighted by atomic mass is 16.2. The molecular formula is C28H26N2O. The van der Waals surface area contributed by atoms with E-state index < -0.39 is 0 Å². The number of nitrogens with zero attached hydrogens (tertiary/aromatic N) is 1. The van der Waals surface area contributed by atoms with E-state index in [1.165, 1.54) is 10.9 Å². The summed E-state index contributed by atoms with van der Waals surface area (Å²) in [5, 5.41) is 5.99. The molecule has 5 rings (SSSR count). The van der Waals surface area contributed by atoms with E-state index in [4.69, 9.17) is 0 Å². The summed E-state index contributed by atoms with van der Waals surface area (Å²) >= 11 is 0. The molecule has 3 heteroatoms. The largest absolute Gasteiger partial charge is 0.378 e. The van der Waals surface area contributed by atoms with Crippen LogP contribution in [-0.4, -0.2) is 11.9 Å². The Kier molecular flexibility index (Phi) is 5.17. The van der Waals surface area contributed by atoms with Crippen molar-refractivity contribution >= 4 is 28.1 Å². The van der Waals surface area contributed by atoms with Crippen LogP contribution in [0.5, 0.6) is 0 Å². The maximum absolute atomic E-state index is 13.6. The number of hydrogen-bond donors (Lipinski definition) is 1. The smallest absolute Gasteiger partial charge is 0.231 e. The Morgan fingerprint density at radius 1 is 0.871 bits per heavy atom. The molecule has 0 aromatic heterocycles. The van der Waals surface area contributed by atoms with Crippen molar-refractivity contribution in [3.63, 3.8) is 0 Å². The molecule has 1 aliphatic rings. The third-order valence-electron chi connectivity index (χ3n) is 6.19. The Morgan fingerprint density at radius 2 is 1.58 bits per heavy atom. The van der Waals surface area contributed by atoms with Crippen molar-refractivity contribution in [2.75, 3.05) is 10.2 Å². The van der Waals surface area contributed by atoms with Crippen LogP contribution in [0.2, 0.25) is 0 Å². The van der Waals surface area contributed by atoms with E-state index >= 15 is 0 Å². The Labute approximate surface area is 183 Å². The van der Waals surface area contributed by atoms with Gasteiger partial charge in [0.25, 0.3) is 0 Å². The number of benzene rings is 4. The first-order chi connectivity index (χ1) is 15.2. The van der Waals surface area contributed by atoms with Gasteiger partial charge in [0, 0.05) is 17.4 Å². The van der Waals surface area contributed by atoms with E-state index in [-0.39, 0.29) is 18.0 Å². The number of amides is 1. The molecule has 0 bridgehead atoms. The molecule has 1 N–H and O–H groups in total. The lowest BCUT2D eigenvalue weighted by molar-refractivity contribution is -0.118. The molecule has 1 aliphatic heterocycles. The second-order valence-corrected chi connectivity index (χ2v) is 8.29. The van der Waals surface area contributed by atoms with Gasteiger partial charge in [0.15, 0.2) is 0 Å². The number of hydrogen-bond acceptors (Lipinski definition) is 2. The summed E-state index contributed by atoms with van der Waals surface area (Å²) in [4.78, 5) is 15.6. The average molecular weight is 407 g/mol. The van der Waals surface area contributed by atoms with Crippen molar-refractivity contribution in [3.05, 3.63) is 108 Å². The Morgan fingerprint density at radius 3 is 2.45 bits per heavy atom. The van der Waals surface area contributed by atoms with E-state index in [1.807, 2.05) is 47.4 Å². The van der Waals surface area contributed by atoms with Crippen LogP contribution in [0.4, 0.5) is 11.4 Å². The fourth-order valence-corrected chi connectivity index (χ4v) is 4.76. The normalized spacial score (nSPS) is 17.9. The predicted molar refractivity (Wildman–Crippen MR) is 128 cm³/mol. The van der Waals surface area contributed by atoms with E-state index in [0.29, 0.717) is 6.42 Å². The molecule has 0 aliphatic carbocycles.